The quantitative estimate of drug-likeness (QED) is 0.250. The molecule has 0 aromatic heterocycles. The number of hydrogen-bond donors (Lipinski definition) is 1. The van der Waals surface area contributed by atoms with Gasteiger partial charge in [-0.2, -0.15) is 13.2 Å². The van der Waals surface area contributed by atoms with Crippen LogP contribution >= 0.6 is 0 Å². The van der Waals surface area contributed by atoms with Crippen molar-refractivity contribution in [3.8, 4) is 0 Å². The second-order valence-corrected chi connectivity index (χ2v) is 11.6. The van der Waals surface area contributed by atoms with Gasteiger partial charge < -0.3 is 5.11 Å². The molecule has 1 N–H and O–H groups in total. The number of aliphatic carboxylic acids is 1. The number of carboxylic acid groups (broad SMARTS) is 1. The van der Waals surface area contributed by atoms with Gasteiger partial charge in [0.1, 0.15) is 0 Å². The number of nitrogens with zero attached hydrogens (tertiary/aromatic N) is 1. The summed E-state index contributed by atoms with van der Waals surface area (Å²) in [6.07, 6.45) is -1.42. The zero-order valence-corrected chi connectivity index (χ0v) is 23.8. The highest BCUT2D eigenvalue weighted by atomic mass is 19.4. The SMILES string of the molecule is CC(C)CC[C@H](c1ccc(C(=O)c2ccccc2)cc1)N1CC[C@H](C(C)C(=O)O)C[C@H]1c1ccc(C(F)(F)F)cc1. The van der Waals surface area contributed by atoms with Crippen molar-refractivity contribution in [3.05, 3.63) is 107 Å². The molecule has 0 bridgehead atoms. The minimum absolute atomic E-state index is 0.0355. The zero-order valence-electron chi connectivity index (χ0n) is 23.8. The van der Waals surface area contributed by atoms with Crippen LogP contribution in [-0.4, -0.2) is 28.3 Å². The first-order chi connectivity index (χ1) is 19.5. The van der Waals surface area contributed by atoms with Crippen LogP contribution in [0.1, 0.15) is 91.1 Å². The first-order valence-electron chi connectivity index (χ1n) is 14.3. The molecular weight excluding hydrogens is 527 g/mol. The first kappa shape index (κ1) is 30.5. The highest BCUT2D eigenvalue weighted by Gasteiger charge is 2.38. The average Bonchev–Trinajstić information content (AvgIpc) is 2.97. The van der Waals surface area contributed by atoms with Gasteiger partial charge in [-0.25, -0.2) is 0 Å². The van der Waals surface area contributed by atoms with E-state index in [4.69, 9.17) is 0 Å². The fraction of sp³-hybridized carbons (Fsp3) is 0.412. The van der Waals surface area contributed by atoms with E-state index < -0.39 is 23.6 Å². The lowest BCUT2D eigenvalue weighted by Gasteiger charge is -2.45. The number of alkyl halides is 3. The van der Waals surface area contributed by atoms with Crippen LogP contribution in [0.3, 0.4) is 0 Å². The van der Waals surface area contributed by atoms with E-state index in [1.54, 1.807) is 19.1 Å². The number of hydrogen-bond acceptors (Lipinski definition) is 3. The molecule has 3 aromatic rings. The largest absolute Gasteiger partial charge is 0.481 e. The second-order valence-electron chi connectivity index (χ2n) is 11.6. The fourth-order valence-electron chi connectivity index (χ4n) is 5.89. The fourth-order valence-corrected chi connectivity index (χ4v) is 5.89. The van der Waals surface area contributed by atoms with Gasteiger partial charge in [0, 0.05) is 23.2 Å². The molecule has 4 rings (SSSR count). The minimum Gasteiger partial charge on any atom is -0.481 e. The Bertz CT molecular complexity index is 1300. The summed E-state index contributed by atoms with van der Waals surface area (Å²) >= 11 is 0. The van der Waals surface area contributed by atoms with Gasteiger partial charge in [-0.1, -0.05) is 87.5 Å². The van der Waals surface area contributed by atoms with Gasteiger partial charge in [-0.05, 0) is 67.3 Å². The predicted molar refractivity (Wildman–Crippen MR) is 154 cm³/mol. The summed E-state index contributed by atoms with van der Waals surface area (Å²) in [7, 11) is 0. The van der Waals surface area contributed by atoms with E-state index >= 15 is 0 Å². The molecule has 0 amide bonds. The van der Waals surface area contributed by atoms with Gasteiger partial charge in [-0.15, -0.1) is 0 Å². The number of benzene rings is 3. The molecule has 0 spiro atoms. The maximum atomic E-state index is 13.3. The van der Waals surface area contributed by atoms with Gasteiger partial charge in [0.05, 0.1) is 11.5 Å². The number of carboxylic acids is 1. The van der Waals surface area contributed by atoms with Gasteiger partial charge in [0.2, 0.25) is 0 Å². The molecule has 1 saturated heterocycles. The van der Waals surface area contributed by atoms with E-state index in [0.29, 0.717) is 36.4 Å². The monoisotopic (exact) mass is 565 g/mol. The molecule has 1 aliphatic heterocycles. The molecule has 1 aliphatic rings. The van der Waals surface area contributed by atoms with Crippen LogP contribution in [-0.2, 0) is 11.0 Å². The van der Waals surface area contributed by atoms with Crippen LogP contribution in [0.15, 0.2) is 78.9 Å². The molecule has 0 aliphatic carbocycles. The normalized spacial score (nSPS) is 19.6. The Morgan fingerprint density at radius 2 is 1.49 bits per heavy atom. The predicted octanol–water partition coefficient (Wildman–Crippen LogP) is 8.59. The molecule has 218 valence electrons. The Balaban J connectivity index is 1.69. The molecule has 1 unspecified atom stereocenters. The molecular formula is C34H38F3NO3. The maximum absolute atomic E-state index is 13.3. The number of carbonyl (C=O) groups excluding carboxylic acids is 1. The van der Waals surface area contributed by atoms with Gasteiger partial charge >= 0.3 is 12.1 Å². The number of carbonyl (C=O) groups is 2. The van der Waals surface area contributed by atoms with E-state index in [-0.39, 0.29) is 23.8 Å². The van der Waals surface area contributed by atoms with Gasteiger partial charge in [0.25, 0.3) is 0 Å². The zero-order chi connectivity index (χ0) is 29.7. The van der Waals surface area contributed by atoms with Gasteiger partial charge in [-0.3, -0.25) is 14.5 Å². The van der Waals surface area contributed by atoms with Crippen LogP contribution in [0.5, 0.6) is 0 Å². The molecule has 1 heterocycles. The Hall–Kier alpha value is -3.45. The average molecular weight is 566 g/mol. The number of halogens is 3. The number of ketones is 1. The molecule has 0 saturated carbocycles. The van der Waals surface area contributed by atoms with E-state index in [9.17, 15) is 27.9 Å². The molecule has 3 aromatic carbocycles. The highest BCUT2D eigenvalue weighted by Crippen LogP contribution is 2.44. The summed E-state index contributed by atoms with van der Waals surface area (Å²) in [6, 6.07) is 21.8. The minimum atomic E-state index is -4.43. The number of piperidine rings is 1. The van der Waals surface area contributed by atoms with E-state index in [1.165, 1.54) is 12.1 Å². The molecule has 41 heavy (non-hydrogen) atoms. The lowest BCUT2D eigenvalue weighted by molar-refractivity contribution is -0.144. The van der Waals surface area contributed by atoms with Crippen molar-refractivity contribution >= 4 is 11.8 Å². The van der Waals surface area contributed by atoms with Crippen molar-refractivity contribution in [2.24, 2.45) is 17.8 Å². The second kappa shape index (κ2) is 13.0. The van der Waals surface area contributed by atoms with Crippen molar-refractivity contribution < 1.29 is 27.9 Å². The van der Waals surface area contributed by atoms with Crippen LogP contribution in [0.4, 0.5) is 13.2 Å². The Labute approximate surface area is 240 Å². The van der Waals surface area contributed by atoms with E-state index in [2.05, 4.69) is 18.7 Å². The summed E-state index contributed by atoms with van der Waals surface area (Å²) in [4.78, 5) is 27.2. The highest BCUT2D eigenvalue weighted by molar-refractivity contribution is 6.08. The Morgan fingerprint density at radius 1 is 0.878 bits per heavy atom. The van der Waals surface area contributed by atoms with Crippen LogP contribution in [0.25, 0.3) is 0 Å². The lowest BCUT2D eigenvalue weighted by Crippen LogP contribution is -2.42. The summed E-state index contributed by atoms with van der Waals surface area (Å²) in [5, 5.41) is 9.70. The van der Waals surface area contributed by atoms with Crippen LogP contribution < -0.4 is 0 Å². The van der Waals surface area contributed by atoms with Crippen molar-refractivity contribution in [2.45, 2.75) is 64.7 Å². The third kappa shape index (κ3) is 7.45. The topological polar surface area (TPSA) is 57.6 Å². The molecule has 4 atom stereocenters. The van der Waals surface area contributed by atoms with E-state index in [1.807, 2.05) is 42.5 Å². The summed E-state index contributed by atoms with van der Waals surface area (Å²) in [5.74, 6) is -1.10. The summed E-state index contributed by atoms with van der Waals surface area (Å²) in [6.45, 7) is 6.66. The van der Waals surface area contributed by atoms with Crippen molar-refractivity contribution in [1.29, 1.82) is 0 Å². The van der Waals surface area contributed by atoms with Crippen LogP contribution in [0, 0.1) is 17.8 Å². The molecule has 7 heteroatoms. The Kier molecular flexibility index (Phi) is 9.69. The standard InChI is InChI=1S/C34H38F3NO3/c1-22(2)9-18-30(24-10-12-27(13-11-24)32(39)26-7-5-4-6-8-26)38-20-19-28(23(3)33(40)41)21-31(38)25-14-16-29(17-15-25)34(35,36)37/h4-8,10-17,22-23,28,30-31H,9,18-21H2,1-3H3,(H,40,41)/t23?,28-,30+,31-/m0/s1. The Morgan fingerprint density at radius 3 is 2.05 bits per heavy atom. The van der Waals surface area contributed by atoms with E-state index in [0.717, 1.165) is 36.1 Å². The van der Waals surface area contributed by atoms with Crippen LogP contribution in [0.2, 0.25) is 0 Å². The number of rotatable bonds is 10. The molecule has 0 radical (unpaired) electrons. The first-order valence-corrected chi connectivity index (χ1v) is 14.3. The lowest BCUT2D eigenvalue weighted by atomic mass is 9.78. The summed E-state index contributed by atoms with van der Waals surface area (Å²) in [5.41, 5.74) is 2.31. The van der Waals surface area contributed by atoms with Crippen molar-refractivity contribution in [3.63, 3.8) is 0 Å². The smallest absolute Gasteiger partial charge is 0.416 e. The number of likely N-dealkylation sites (tertiary alicyclic amines) is 1. The van der Waals surface area contributed by atoms with Gasteiger partial charge in [0.15, 0.2) is 5.78 Å². The maximum Gasteiger partial charge on any atom is 0.416 e. The van der Waals surface area contributed by atoms with Crippen molar-refractivity contribution in [1.82, 2.24) is 4.90 Å². The third-order valence-electron chi connectivity index (χ3n) is 8.42. The molecule has 4 nitrogen and oxygen atoms in total. The third-order valence-corrected chi connectivity index (χ3v) is 8.42. The molecule has 1 fully saturated rings. The summed E-state index contributed by atoms with van der Waals surface area (Å²) < 4.78 is 40.0. The van der Waals surface area contributed by atoms with Crippen molar-refractivity contribution in [2.75, 3.05) is 6.54 Å².